The fraction of sp³-hybridized carbons (Fsp3) is 0.455. The molecule has 0 aromatic heterocycles. The first-order chi connectivity index (χ1) is 23.6. The van der Waals surface area contributed by atoms with Gasteiger partial charge in [-0.2, -0.15) is 0 Å². The van der Waals surface area contributed by atoms with E-state index in [1.54, 1.807) is 0 Å². The van der Waals surface area contributed by atoms with E-state index in [-0.39, 0.29) is 0 Å². The fourth-order valence-electron chi connectivity index (χ4n) is 8.01. The van der Waals surface area contributed by atoms with Crippen molar-refractivity contribution in [3.8, 4) is 0 Å². The van der Waals surface area contributed by atoms with Gasteiger partial charge in [-0.15, -0.1) is 0 Å². The average molecular weight is 645 g/mol. The number of benzene rings is 4. The fourth-order valence-corrected chi connectivity index (χ4v) is 8.01. The van der Waals surface area contributed by atoms with Gasteiger partial charge in [0.25, 0.3) is 0 Å². The lowest BCUT2D eigenvalue weighted by atomic mass is 9.96. The molecule has 48 heavy (non-hydrogen) atoms. The lowest BCUT2D eigenvalue weighted by Crippen LogP contribution is -2.59. The minimum Gasteiger partial charge on any atom is -0.297 e. The summed E-state index contributed by atoms with van der Waals surface area (Å²) in [5.74, 6) is 0. The van der Waals surface area contributed by atoms with Crippen molar-refractivity contribution in [2.24, 2.45) is 0 Å². The van der Waals surface area contributed by atoms with Crippen LogP contribution >= 0.6 is 0 Å². The van der Waals surface area contributed by atoms with E-state index in [0.29, 0.717) is 24.2 Å². The quantitative estimate of drug-likeness (QED) is 0.157. The van der Waals surface area contributed by atoms with Crippen LogP contribution in [0.5, 0.6) is 0 Å². The average Bonchev–Trinajstić information content (AvgIpc) is 3.13. The lowest BCUT2D eigenvalue weighted by molar-refractivity contribution is 0.0347. The molecule has 0 saturated carbocycles. The van der Waals surface area contributed by atoms with Crippen LogP contribution in [0.15, 0.2) is 121 Å². The maximum Gasteiger partial charge on any atom is 0.0264 e. The molecule has 4 heteroatoms. The zero-order valence-electron chi connectivity index (χ0n) is 30.1. The van der Waals surface area contributed by atoms with E-state index in [9.17, 15) is 0 Å². The summed E-state index contributed by atoms with van der Waals surface area (Å²) in [5, 5.41) is 0. The summed E-state index contributed by atoms with van der Waals surface area (Å²) < 4.78 is 0. The molecule has 4 aromatic rings. The molecule has 1 aliphatic rings. The summed E-state index contributed by atoms with van der Waals surface area (Å²) in [6.07, 6.45) is 4.28. The minimum atomic E-state index is 0.433. The summed E-state index contributed by atoms with van der Waals surface area (Å²) in [4.78, 5) is 11.3. The van der Waals surface area contributed by atoms with Crippen LogP contribution in [0.1, 0.15) is 49.9 Å². The van der Waals surface area contributed by atoms with E-state index < -0.39 is 0 Å². The topological polar surface area (TPSA) is 13.0 Å². The number of hydrogen-bond acceptors (Lipinski definition) is 4. The van der Waals surface area contributed by atoms with Crippen molar-refractivity contribution >= 4 is 0 Å². The van der Waals surface area contributed by atoms with Crippen LogP contribution in [0.25, 0.3) is 0 Å². The van der Waals surface area contributed by atoms with Crippen LogP contribution in [0.4, 0.5) is 0 Å². The highest BCUT2D eigenvalue weighted by molar-refractivity contribution is 5.20. The Kier molecular flexibility index (Phi) is 14.3. The Morgan fingerprint density at radius 2 is 0.521 bits per heavy atom. The largest absolute Gasteiger partial charge is 0.297 e. The van der Waals surface area contributed by atoms with E-state index in [1.165, 1.54) is 22.3 Å². The summed E-state index contributed by atoms with van der Waals surface area (Å²) in [7, 11) is 0. The molecule has 0 unspecified atom stereocenters. The summed E-state index contributed by atoms with van der Waals surface area (Å²) in [6.45, 7) is 18.0. The van der Waals surface area contributed by atoms with Gasteiger partial charge in [0.05, 0.1) is 0 Å². The molecular weight excluding hydrogens is 585 g/mol. The first kappa shape index (κ1) is 36.0. The van der Waals surface area contributed by atoms with Gasteiger partial charge in [-0.3, -0.25) is 19.6 Å². The molecule has 0 N–H and O–H groups in total. The molecule has 0 aliphatic carbocycles. The Balaban J connectivity index is 1.57. The predicted octanol–water partition coefficient (Wildman–Crippen LogP) is 7.73. The Hall–Kier alpha value is -3.28. The number of rotatable bonds is 12. The summed E-state index contributed by atoms with van der Waals surface area (Å²) >= 11 is 0. The van der Waals surface area contributed by atoms with Crippen molar-refractivity contribution < 1.29 is 0 Å². The van der Waals surface area contributed by atoms with Crippen LogP contribution in [-0.2, 0) is 25.7 Å². The Morgan fingerprint density at radius 1 is 0.333 bits per heavy atom. The Morgan fingerprint density at radius 3 is 0.688 bits per heavy atom. The van der Waals surface area contributed by atoms with E-state index in [2.05, 4.69) is 169 Å². The van der Waals surface area contributed by atoms with Crippen molar-refractivity contribution in [2.75, 3.05) is 52.4 Å². The highest BCUT2D eigenvalue weighted by Gasteiger charge is 2.33. The maximum atomic E-state index is 2.83. The first-order valence-electron chi connectivity index (χ1n) is 18.7. The van der Waals surface area contributed by atoms with E-state index >= 15 is 0 Å². The molecule has 5 rings (SSSR count). The summed E-state index contributed by atoms with van der Waals surface area (Å²) in [6, 6.07) is 46.6. The van der Waals surface area contributed by atoms with Crippen molar-refractivity contribution in [1.29, 1.82) is 0 Å². The van der Waals surface area contributed by atoms with E-state index in [4.69, 9.17) is 0 Å². The molecule has 256 valence electrons. The highest BCUT2D eigenvalue weighted by Crippen LogP contribution is 2.23. The van der Waals surface area contributed by atoms with Gasteiger partial charge in [0, 0.05) is 50.3 Å². The molecule has 1 aliphatic heterocycles. The Labute approximate surface area is 292 Å². The normalized spacial score (nSPS) is 22.6. The Bertz CT molecular complexity index is 1190. The third kappa shape index (κ3) is 10.4. The van der Waals surface area contributed by atoms with Crippen LogP contribution in [0.2, 0.25) is 0 Å². The molecule has 0 radical (unpaired) electrons. The molecule has 4 nitrogen and oxygen atoms in total. The van der Waals surface area contributed by atoms with E-state index in [0.717, 1.165) is 78.0 Å². The molecule has 0 bridgehead atoms. The number of likely N-dealkylation sites (N-methyl/N-ethyl adjacent to an activating group) is 4. The van der Waals surface area contributed by atoms with Gasteiger partial charge in [0.1, 0.15) is 0 Å². The van der Waals surface area contributed by atoms with Crippen molar-refractivity contribution in [3.63, 3.8) is 0 Å². The molecule has 0 amide bonds. The van der Waals surface area contributed by atoms with E-state index in [1.807, 2.05) is 0 Å². The smallest absolute Gasteiger partial charge is 0.0264 e. The van der Waals surface area contributed by atoms with Crippen molar-refractivity contribution in [2.45, 2.75) is 77.5 Å². The molecule has 4 atom stereocenters. The van der Waals surface area contributed by atoms with Gasteiger partial charge < -0.3 is 0 Å². The molecule has 1 saturated heterocycles. The maximum absolute atomic E-state index is 2.83. The molecule has 1 heterocycles. The van der Waals surface area contributed by atoms with Gasteiger partial charge in [0.15, 0.2) is 0 Å². The number of nitrogens with zero attached hydrogens (tertiary/aromatic N) is 4. The molecule has 1 fully saturated rings. The van der Waals surface area contributed by atoms with Crippen LogP contribution in [0, 0.1) is 0 Å². The van der Waals surface area contributed by atoms with Gasteiger partial charge in [0.2, 0.25) is 0 Å². The standard InChI is InChI=1S/C44H60N4/c1-5-45-33-42(30-38-23-15-10-16-24-38)47(7-3)35-44(32-40-27-19-12-20-28-40)48(8-4)36-43(31-39-25-17-11-18-26-39)46(6-2)34-41(45)29-37-21-13-9-14-22-37/h9-28,41-44H,5-8,29-36H2,1-4H3/t41-,42-,43-,44+/m1/s1. The van der Waals surface area contributed by atoms with Crippen molar-refractivity contribution in [3.05, 3.63) is 144 Å². The van der Waals surface area contributed by atoms with Crippen LogP contribution < -0.4 is 0 Å². The predicted molar refractivity (Wildman–Crippen MR) is 205 cm³/mol. The second-order valence-corrected chi connectivity index (χ2v) is 13.7. The first-order valence-corrected chi connectivity index (χ1v) is 18.7. The van der Waals surface area contributed by atoms with Crippen LogP contribution in [-0.4, -0.2) is 96.1 Å². The van der Waals surface area contributed by atoms with Crippen LogP contribution in [0.3, 0.4) is 0 Å². The minimum absolute atomic E-state index is 0.433. The van der Waals surface area contributed by atoms with Gasteiger partial charge >= 0.3 is 0 Å². The van der Waals surface area contributed by atoms with Crippen molar-refractivity contribution in [1.82, 2.24) is 19.6 Å². The van der Waals surface area contributed by atoms with Gasteiger partial charge in [-0.05, 0) is 74.1 Å². The summed E-state index contributed by atoms with van der Waals surface area (Å²) in [5.41, 5.74) is 5.75. The van der Waals surface area contributed by atoms with Gasteiger partial charge in [-0.1, -0.05) is 149 Å². The molecular formula is C44H60N4. The highest BCUT2D eigenvalue weighted by atomic mass is 15.3. The molecule has 4 aromatic carbocycles. The molecule has 0 spiro atoms. The van der Waals surface area contributed by atoms with Gasteiger partial charge in [-0.25, -0.2) is 0 Å². The lowest BCUT2D eigenvalue weighted by Gasteiger charge is -2.46. The third-order valence-electron chi connectivity index (χ3n) is 10.7. The second kappa shape index (κ2) is 19.0. The zero-order chi connectivity index (χ0) is 33.6. The number of hydrogen-bond donors (Lipinski definition) is 0. The second-order valence-electron chi connectivity index (χ2n) is 13.7. The zero-order valence-corrected chi connectivity index (χ0v) is 30.1. The monoisotopic (exact) mass is 644 g/mol. The third-order valence-corrected chi connectivity index (χ3v) is 10.7. The SMILES string of the molecule is CCN1C[C@@H](Cc2ccccc2)N(CC)C[C@H](Cc2ccccc2)N(CC)C[C@@H](Cc2ccccc2)N(CC)C[C@H]1Cc1ccccc1.